The van der Waals surface area contributed by atoms with E-state index in [0.717, 1.165) is 50.5 Å². The molecule has 1 amide bonds. The summed E-state index contributed by atoms with van der Waals surface area (Å²) in [6.45, 7) is 7.53. The number of likely N-dealkylation sites (N-methyl/N-ethyl adjacent to an activating group) is 1. The van der Waals surface area contributed by atoms with Crippen molar-refractivity contribution in [1.29, 1.82) is 0 Å². The van der Waals surface area contributed by atoms with E-state index >= 15 is 0 Å². The number of nitrogens with one attached hydrogen (secondary N) is 1. The Kier molecular flexibility index (Phi) is 5.97. The van der Waals surface area contributed by atoms with Crippen molar-refractivity contribution >= 4 is 33.0 Å². The Bertz CT molecular complexity index is 999. The van der Waals surface area contributed by atoms with Gasteiger partial charge in [0.25, 0.3) is 10.0 Å². The van der Waals surface area contributed by atoms with E-state index in [-0.39, 0.29) is 10.8 Å². The Hall–Kier alpha value is -2.58. The number of carbonyl (C=O) groups is 1. The predicted octanol–water partition coefficient (Wildman–Crippen LogP) is 2.76. The molecule has 2 heterocycles. The molecule has 0 radical (unpaired) electrons. The molecule has 0 aromatic heterocycles. The van der Waals surface area contributed by atoms with E-state index in [1.165, 1.54) is 0 Å². The Morgan fingerprint density at radius 2 is 1.63 bits per heavy atom. The second-order valence-corrected chi connectivity index (χ2v) is 9.37. The SMILES string of the molecule is CCN1CCN(c2ccccc2NS(=O)(=O)c2ccc(N3CCCC3=O)cc2)CC1. The van der Waals surface area contributed by atoms with Crippen molar-refractivity contribution in [3.8, 4) is 0 Å². The van der Waals surface area contributed by atoms with Crippen LogP contribution in [0, 0.1) is 0 Å². The van der Waals surface area contributed by atoms with Crippen LogP contribution < -0.4 is 14.5 Å². The van der Waals surface area contributed by atoms with Gasteiger partial charge in [0, 0.05) is 44.8 Å². The monoisotopic (exact) mass is 428 g/mol. The number of nitrogens with zero attached hydrogens (tertiary/aromatic N) is 3. The smallest absolute Gasteiger partial charge is 0.261 e. The van der Waals surface area contributed by atoms with Gasteiger partial charge in [-0.25, -0.2) is 8.42 Å². The summed E-state index contributed by atoms with van der Waals surface area (Å²) in [6, 6.07) is 14.1. The molecular weight excluding hydrogens is 400 g/mol. The van der Waals surface area contributed by atoms with Gasteiger partial charge >= 0.3 is 0 Å². The molecule has 0 unspecified atom stereocenters. The van der Waals surface area contributed by atoms with E-state index in [1.54, 1.807) is 35.2 Å². The molecule has 0 saturated carbocycles. The first-order chi connectivity index (χ1) is 14.5. The molecule has 0 atom stereocenters. The van der Waals surface area contributed by atoms with Crippen LogP contribution in [0.15, 0.2) is 53.4 Å². The van der Waals surface area contributed by atoms with Gasteiger partial charge in [-0.05, 0) is 49.4 Å². The van der Waals surface area contributed by atoms with Crippen LogP contribution in [0.5, 0.6) is 0 Å². The van der Waals surface area contributed by atoms with Crippen LogP contribution in [0.25, 0.3) is 0 Å². The van der Waals surface area contributed by atoms with E-state index in [2.05, 4.69) is 21.4 Å². The number of amides is 1. The summed E-state index contributed by atoms with van der Waals surface area (Å²) in [4.78, 5) is 18.4. The molecule has 8 heteroatoms. The predicted molar refractivity (Wildman–Crippen MR) is 120 cm³/mol. The zero-order valence-corrected chi connectivity index (χ0v) is 18.1. The third kappa shape index (κ3) is 4.29. The summed E-state index contributed by atoms with van der Waals surface area (Å²) in [5, 5.41) is 0. The number of benzene rings is 2. The van der Waals surface area contributed by atoms with Crippen molar-refractivity contribution in [2.75, 3.05) is 53.8 Å². The number of hydrogen-bond acceptors (Lipinski definition) is 5. The number of para-hydroxylation sites is 2. The van der Waals surface area contributed by atoms with Crippen LogP contribution in [-0.4, -0.2) is 58.5 Å². The highest BCUT2D eigenvalue weighted by atomic mass is 32.2. The van der Waals surface area contributed by atoms with Crippen molar-refractivity contribution in [2.45, 2.75) is 24.7 Å². The number of hydrogen-bond donors (Lipinski definition) is 1. The summed E-state index contributed by atoms with van der Waals surface area (Å²) in [7, 11) is -3.73. The normalized spacial score (nSPS) is 18.1. The highest BCUT2D eigenvalue weighted by molar-refractivity contribution is 7.92. The van der Waals surface area contributed by atoms with E-state index in [9.17, 15) is 13.2 Å². The average Bonchev–Trinajstić information content (AvgIpc) is 3.20. The van der Waals surface area contributed by atoms with Crippen molar-refractivity contribution in [2.24, 2.45) is 0 Å². The van der Waals surface area contributed by atoms with E-state index < -0.39 is 10.0 Å². The fourth-order valence-electron chi connectivity index (χ4n) is 4.07. The molecule has 0 spiro atoms. The summed E-state index contributed by atoms with van der Waals surface area (Å²) in [6.07, 6.45) is 1.38. The van der Waals surface area contributed by atoms with Gasteiger partial charge in [-0.3, -0.25) is 9.52 Å². The first-order valence-electron chi connectivity index (χ1n) is 10.5. The molecule has 2 aliphatic rings. The van der Waals surface area contributed by atoms with Gasteiger partial charge in [-0.15, -0.1) is 0 Å². The molecular formula is C22H28N4O3S. The highest BCUT2D eigenvalue weighted by Gasteiger charge is 2.24. The standard InChI is InChI=1S/C22H28N4O3S/c1-2-24-14-16-25(17-15-24)21-7-4-3-6-20(21)23-30(28,29)19-11-9-18(10-12-19)26-13-5-8-22(26)27/h3-4,6-7,9-12,23H,2,5,8,13-17H2,1H3. The number of anilines is 3. The van der Waals surface area contributed by atoms with Crippen LogP contribution in [0.4, 0.5) is 17.1 Å². The molecule has 0 bridgehead atoms. The lowest BCUT2D eigenvalue weighted by molar-refractivity contribution is -0.117. The van der Waals surface area contributed by atoms with Crippen LogP contribution in [0.3, 0.4) is 0 Å². The average molecular weight is 429 g/mol. The zero-order chi connectivity index (χ0) is 21.1. The summed E-state index contributed by atoms with van der Waals surface area (Å²) in [5.41, 5.74) is 2.23. The van der Waals surface area contributed by atoms with E-state index in [1.807, 2.05) is 18.2 Å². The molecule has 7 nitrogen and oxygen atoms in total. The largest absolute Gasteiger partial charge is 0.367 e. The molecule has 160 valence electrons. The molecule has 2 aliphatic heterocycles. The third-order valence-corrected chi connectivity index (χ3v) is 7.22. The molecule has 4 rings (SSSR count). The van der Waals surface area contributed by atoms with Gasteiger partial charge in [0.15, 0.2) is 0 Å². The zero-order valence-electron chi connectivity index (χ0n) is 17.3. The Morgan fingerprint density at radius 1 is 0.933 bits per heavy atom. The van der Waals surface area contributed by atoms with Crippen molar-refractivity contribution in [1.82, 2.24) is 4.90 Å². The van der Waals surface area contributed by atoms with Crippen molar-refractivity contribution in [3.05, 3.63) is 48.5 Å². The summed E-state index contributed by atoms with van der Waals surface area (Å²) >= 11 is 0. The maximum atomic E-state index is 13.0. The molecule has 2 saturated heterocycles. The lowest BCUT2D eigenvalue weighted by Crippen LogP contribution is -2.46. The summed E-state index contributed by atoms with van der Waals surface area (Å²) < 4.78 is 28.8. The van der Waals surface area contributed by atoms with Crippen LogP contribution in [-0.2, 0) is 14.8 Å². The molecule has 2 aromatic carbocycles. The molecule has 2 aromatic rings. The Morgan fingerprint density at radius 3 is 2.27 bits per heavy atom. The second-order valence-electron chi connectivity index (χ2n) is 7.69. The topological polar surface area (TPSA) is 73.0 Å². The molecule has 2 fully saturated rings. The lowest BCUT2D eigenvalue weighted by atomic mass is 10.2. The van der Waals surface area contributed by atoms with Crippen molar-refractivity contribution in [3.63, 3.8) is 0 Å². The Labute approximate surface area is 178 Å². The minimum Gasteiger partial charge on any atom is -0.367 e. The number of rotatable bonds is 6. The molecule has 30 heavy (non-hydrogen) atoms. The quantitative estimate of drug-likeness (QED) is 0.766. The van der Waals surface area contributed by atoms with Crippen LogP contribution >= 0.6 is 0 Å². The maximum absolute atomic E-state index is 13.0. The van der Waals surface area contributed by atoms with Gasteiger partial charge in [0.05, 0.1) is 16.3 Å². The fourth-order valence-corrected chi connectivity index (χ4v) is 5.15. The van der Waals surface area contributed by atoms with Crippen LogP contribution in [0.2, 0.25) is 0 Å². The first kappa shape index (κ1) is 20.7. The van der Waals surface area contributed by atoms with Gasteiger partial charge in [0.1, 0.15) is 0 Å². The van der Waals surface area contributed by atoms with Gasteiger partial charge in [-0.2, -0.15) is 0 Å². The third-order valence-electron chi connectivity index (χ3n) is 5.84. The maximum Gasteiger partial charge on any atom is 0.261 e. The number of sulfonamides is 1. The Balaban J connectivity index is 1.52. The molecule has 1 N–H and O–H groups in total. The van der Waals surface area contributed by atoms with Gasteiger partial charge < -0.3 is 14.7 Å². The number of piperazine rings is 1. The summed E-state index contributed by atoms with van der Waals surface area (Å²) in [5.74, 6) is 0.0841. The van der Waals surface area contributed by atoms with E-state index in [4.69, 9.17) is 0 Å². The number of carbonyl (C=O) groups excluding carboxylic acids is 1. The van der Waals surface area contributed by atoms with Crippen LogP contribution in [0.1, 0.15) is 19.8 Å². The minimum atomic E-state index is -3.73. The van der Waals surface area contributed by atoms with Gasteiger partial charge in [-0.1, -0.05) is 19.1 Å². The minimum absolute atomic E-state index is 0.0841. The highest BCUT2D eigenvalue weighted by Crippen LogP contribution is 2.29. The van der Waals surface area contributed by atoms with Gasteiger partial charge in [0.2, 0.25) is 5.91 Å². The lowest BCUT2D eigenvalue weighted by Gasteiger charge is -2.36. The van der Waals surface area contributed by atoms with E-state index in [0.29, 0.717) is 18.7 Å². The van der Waals surface area contributed by atoms with Crippen molar-refractivity contribution < 1.29 is 13.2 Å². The fraction of sp³-hybridized carbons (Fsp3) is 0.409. The molecule has 0 aliphatic carbocycles. The second kappa shape index (κ2) is 8.65. The first-order valence-corrected chi connectivity index (χ1v) is 12.0.